The summed E-state index contributed by atoms with van der Waals surface area (Å²) in [7, 11) is -0.379. The minimum atomic E-state index is -0.379. The molecular formula is C31H31BO2. The van der Waals surface area contributed by atoms with Crippen LogP contribution in [0.4, 0.5) is 0 Å². The van der Waals surface area contributed by atoms with Gasteiger partial charge in [0.2, 0.25) is 0 Å². The zero-order chi connectivity index (χ0) is 23.9. The van der Waals surface area contributed by atoms with Gasteiger partial charge in [0.15, 0.2) is 0 Å². The van der Waals surface area contributed by atoms with Crippen LogP contribution < -0.4 is 5.46 Å². The molecule has 0 atom stereocenters. The quantitative estimate of drug-likeness (QED) is 0.306. The third-order valence-corrected chi connectivity index (χ3v) is 7.32. The van der Waals surface area contributed by atoms with Crippen molar-refractivity contribution in [3.63, 3.8) is 0 Å². The molecule has 170 valence electrons. The minimum Gasteiger partial charge on any atom is -0.399 e. The van der Waals surface area contributed by atoms with Gasteiger partial charge in [-0.25, -0.2) is 0 Å². The van der Waals surface area contributed by atoms with Gasteiger partial charge >= 0.3 is 7.12 Å². The van der Waals surface area contributed by atoms with Crippen molar-refractivity contribution in [2.24, 2.45) is 0 Å². The molecule has 1 fully saturated rings. The Kier molecular flexibility index (Phi) is 5.71. The van der Waals surface area contributed by atoms with Gasteiger partial charge < -0.3 is 9.31 Å². The monoisotopic (exact) mass is 446 g/mol. The van der Waals surface area contributed by atoms with E-state index in [1.807, 2.05) is 0 Å². The highest BCUT2D eigenvalue weighted by atomic mass is 16.7. The molecule has 1 aliphatic rings. The van der Waals surface area contributed by atoms with Crippen LogP contribution in [0.25, 0.3) is 33.4 Å². The van der Waals surface area contributed by atoms with Crippen LogP contribution in [-0.2, 0) is 9.31 Å². The smallest absolute Gasteiger partial charge is 0.399 e. The van der Waals surface area contributed by atoms with Gasteiger partial charge in [-0.05, 0) is 91.2 Å². The van der Waals surface area contributed by atoms with Crippen molar-refractivity contribution in [3.05, 3.63) is 103 Å². The molecule has 1 saturated heterocycles. The van der Waals surface area contributed by atoms with Crippen LogP contribution in [0.5, 0.6) is 0 Å². The fourth-order valence-corrected chi connectivity index (χ4v) is 4.56. The van der Waals surface area contributed by atoms with Crippen molar-refractivity contribution in [1.82, 2.24) is 0 Å². The predicted octanol–water partition coefficient (Wildman–Crippen LogP) is 7.30. The van der Waals surface area contributed by atoms with E-state index in [0.29, 0.717) is 0 Å². The molecule has 0 spiro atoms. The summed E-state index contributed by atoms with van der Waals surface area (Å²) in [5, 5.41) is 0. The Balaban J connectivity index is 1.64. The average molecular weight is 446 g/mol. The number of benzene rings is 4. The van der Waals surface area contributed by atoms with Crippen LogP contribution >= 0.6 is 0 Å². The molecule has 0 amide bonds. The summed E-state index contributed by atoms with van der Waals surface area (Å²) < 4.78 is 12.7. The highest BCUT2D eigenvalue weighted by Gasteiger charge is 2.51. The van der Waals surface area contributed by atoms with Crippen molar-refractivity contribution in [1.29, 1.82) is 0 Å². The van der Waals surface area contributed by atoms with Gasteiger partial charge in [-0.3, -0.25) is 0 Å². The van der Waals surface area contributed by atoms with E-state index in [0.717, 1.165) is 5.46 Å². The van der Waals surface area contributed by atoms with Gasteiger partial charge in [-0.1, -0.05) is 84.9 Å². The Morgan fingerprint density at radius 3 is 1.62 bits per heavy atom. The molecule has 1 aliphatic heterocycles. The standard InChI is InChI=1S/C31H31BO2/c1-22-28(24-15-10-7-11-16-24)20-26(23-13-8-6-9-14-23)21-29(22)25-17-12-18-27(19-25)32-33-30(2,3)31(4,5)34-32/h6-21H,1-5H3. The molecule has 0 bridgehead atoms. The Bertz CT molecular complexity index is 1290. The van der Waals surface area contributed by atoms with E-state index < -0.39 is 0 Å². The first-order valence-corrected chi connectivity index (χ1v) is 12.0. The summed E-state index contributed by atoms with van der Waals surface area (Å²) >= 11 is 0. The molecule has 0 aliphatic carbocycles. The molecule has 0 unspecified atom stereocenters. The van der Waals surface area contributed by atoms with Gasteiger partial charge in [0.25, 0.3) is 0 Å². The second kappa shape index (κ2) is 8.58. The zero-order valence-corrected chi connectivity index (χ0v) is 20.6. The number of hydrogen-bond donors (Lipinski definition) is 0. The summed E-state index contributed by atoms with van der Waals surface area (Å²) in [5.41, 5.74) is 8.86. The first-order chi connectivity index (χ1) is 16.2. The van der Waals surface area contributed by atoms with E-state index in [2.05, 4.69) is 132 Å². The molecule has 4 aromatic carbocycles. The molecule has 2 nitrogen and oxygen atoms in total. The van der Waals surface area contributed by atoms with E-state index in [1.54, 1.807) is 0 Å². The Labute approximate surface area is 203 Å². The second-order valence-electron chi connectivity index (χ2n) is 10.1. The van der Waals surface area contributed by atoms with Crippen LogP contribution in [0.15, 0.2) is 97.1 Å². The van der Waals surface area contributed by atoms with Crippen LogP contribution in [0.3, 0.4) is 0 Å². The summed E-state index contributed by atoms with van der Waals surface area (Å²) in [5.74, 6) is 0. The lowest BCUT2D eigenvalue weighted by Crippen LogP contribution is -2.41. The summed E-state index contributed by atoms with van der Waals surface area (Å²) in [6.07, 6.45) is 0. The van der Waals surface area contributed by atoms with Crippen molar-refractivity contribution in [2.75, 3.05) is 0 Å². The van der Waals surface area contributed by atoms with Crippen molar-refractivity contribution in [2.45, 2.75) is 45.8 Å². The lowest BCUT2D eigenvalue weighted by atomic mass is 9.77. The molecule has 5 rings (SSSR count). The zero-order valence-electron chi connectivity index (χ0n) is 20.6. The molecule has 0 radical (unpaired) electrons. The van der Waals surface area contributed by atoms with E-state index in [4.69, 9.17) is 9.31 Å². The maximum Gasteiger partial charge on any atom is 0.494 e. The highest BCUT2D eigenvalue weighted by molar-refractivity contribution is 6.62. The normalized spacial score (nSPS) is 16.6. The third kappa shape index (κ3) is 4.11. The summed E-state index contributed by atoms with van der Waals surface area (Å²) in [4.78, 5) is 0. The largest absolute Gasteiger partial charge is 0.494 e. The topological polar surface area (TPSA) is 18.5 Å². The number of hydrogen-bond acceptors (Lipinski definition) is 2. The molecule has 3 heteroatoms. The summed E-state index contributed by atoms with van der Waals surface area (Å²) in [6, 6.07) is 34.4. The fraction of sp³-hybridized carbons (Fsp3) is 0.226. The molecule has 0 N–H and O–H groups in total. The van der Waals surface area contributed by atoms with Crippen LogP contribution in [0, 0.1) is 6.92 Å². The maximum atomic E-state index is 6.34. The van der Waals surface area contributed by atoms with Gasteiger partial charge in [0, 0.05) is 0 Å². The molecule has 0 aromatic heterocycles. The lowest BCUT2D eigenvalue weighted by Gasteiger charge is -2.32. The van der Waals surface area contributed by atoms with Crippen LogP contribution in [-0.4, -0.2) is 18.3 Å². The van der Waals surface area contributed by atoms with E-state index in [1.165, 1.54) is 38.9 Å². The fourth-order valence-electron chi connectivity index (χ4n) is 4.56. The van der Waals surface area contributed by atoms with Crippen LogP contribution in [0.2, 0.25) is 0 Å². The van der Waals surface area contributed by atoms with Gasteiger partial charge in [0.1, 0.15) is 0 Å². The van der Waals surface area contributed by atoms with E-state index in [9.17, 15) is 0 Å². The Hall–Kier alpha value is -3.14. The van der Waals surface area contributed by atoms with Gasteiger partial charge in [-0.15, -0.1) is 0 Å². The SMILES string of the molecule is Cc1c(-c2ccccc2)cc(-c2ccccc2)cc1-c1cccc(B2OC(C)(C)C(C)(C)O2)c1. The second-order valence-corrected chi connectivity index (χ2v) is 10.1. The van der Waals surface area contributed by atoms with Gasteiger partial charge in [0.05, 0.1) is 11.2 Å². The van der Waals surface area contributed by atoms with E-state index >= 15 is 0 Å². The molecule has 4 aromatic rings. The highest BCUT2D eigenvalue weighted by Crippen LogP contribution is 2.38. The Morgan fingerprint density at radius 2 is 1.03 bits per heavy atom. The predicted molar refractivity (Wildman–Crippen MR) is 143 cm³/mol. The van der Waals surface area contributed by atoms with Gasteiger partial charge in [-0.2, -0.15) is 0 Å². The van der Waals surface area contributed by atoms with Crippen molar-refractivity contribution < 1.29 is 9.31 Å². The average Bonchev–Trinajstić information content (AvgIpc) is 3.07. The first-order valence-electron chi connectivity index (χ1n) is 12.0. The summed E-state index contributed by atoms with van der Waals surface area (Å²) in [6.45, 7) is 10.6. The third-order valence-electron chi connectivity index (χ3n) is 7.32. The Morgan fingerprint density at radius 1 is 0.529 bits per heavy atom. The molecular weight excluding hydrogens is 415 g/mol. The minimum absolute atomic E-state index is 0.364. The number of rotatable bonds is 4. The van der Waals surface area contributed by atoms with Crippen molar-refractivity contribution >= 4 is 12.6 Å². The van der Waals surface area contributed by atoms with Crippen LogP contribution in [0.1, 0.15) is 33.3 Å². The lowest BCUT2D eigenvalue weighted by molar-refractivity contribution is 0.00578. The van der Waals surface area contributed by atoms with Crippen molar-refractivity contribution in [3.8, 4) is 33.4 Å². The molecule has 34 heavy (non-hydrogen) atoms. The maximum absolute atomic E-state index is 6.34. The molecule has 0 saturated carbocycles. The molecule has 1 heterocycles. The first kappa shape index (κ1) is 22.6. The van der Waals surface area contributed by atoms with E-state index in [-0.39, 0.29) is 18.3 Å².